The molecule has 1 amide bonds. The summed E-state index contributed by atoms with van der Waals surface area (Å²) >= 11 is 1.59. The minimum Gasteiger partial charge on any atom is -0.587 e. The number of amides is 1. The Balaban J connectivity index is 1.44. The largest absolute Gasteiger partial charge is 0.587 e. The van der Waals surface area contributed by atoms with Crippen LogP contribution in [0, 0.1) is 5.82 Å². The number of carbonyl (C=O) groups is 1. The maximum Gasteiger partial charge on any atom is 0.267 e. The molecule has 0 aliphatic heterocycles. The molecule has 0 aliphatic carbocycles. The number of aromatic amines is 1. The lowest BCUT2D eigenvalue weighted by Gasteiger charge is -2.24. The van der Waals surface area contributed by atoms with Gasteiger partial charge < -0.3 is 14.9 Å². The summed E-state index contributed by atoms with van der Waals surface area (Å²) < 4.78 is 30.0. The first-order valence-corrected chi connectivity index (χ1v) is 13.3. The molecule has 4 rings (SSSR count). The molecular weight excluding hydrogens is 477 g/mol. The summed E-state index contributed by atoms with van der Waals surface area (Å²) in [7, 11) is 0. The number of hydrogen-bond donors (Lipinski definition) is 3. The van der Waals surface area contributed by atoms with E-state index in [-0.39, 0.29) is 10.7 Å². The predicted molar refractivity (Wildman–Crippen MR) is 137 cm³/mol. The van der Waals surface area contributed by atoms with E-state index in [9.17, 15) is 13.7 Å². The second-order valence-corrected chi connectivity index (χ2v) is 12.2. The van der Waals surface area contributed by atoms with E-state index >= 15 is 0 Å². The van der Waals surface area contributed by atoms with E-state index in [1.807, 2.05) is 23.6 Å². The number of anilines is 1. The van der Waals surface area contributed by atoms with Crippen LogP contribution >= 0.6 is 23.1 Å². The Morgan fingerprint density at radius 2 is 1.97 bits per heavy atom. The molecule has 2 heterocycles. The fraction of sp³-hybridized carbons (Fsp3) is 0.208. The normalized spacial score (nSPS) is 12.6. The highest BCUT2D eigenvalue weighted by Crippen LogP contribution is 2.30. The van der Waals surface area contributed by atoms with E-state index in [2.05, 4.69) is 41.0 Å². The standard InChI is InChI=1S/C24H24FN3O2S3/c1-24(2,32-14-16-7-4-3-5-8-16)15-26-23(29)20-12-17-11-18(25)13-19(22(17)27-20)28-33(30)21-9-6-10-31-21/h3-13,27-28H,14-15H2,1-2H3,(H,26,29). The number of thioether (sulfide) groups is 1. The first kappa shape index (κ1) is 23.7. The lowest BCUT2D eigenvalue weighted by atomic mass is 10.2. The third-order valence-corrected chi connectivity index (χ3v) is 8.68. The molecule has 33 heavy (non-hydrogen) atoms. The number of H-pyrrole nitrogens is 1. The van der Waals surface area contributed by atoms with Crippen LogP contribution in [0.15, 0.2) is 70.3 Å². The van der Waals surface area contributed by atoms with Gasteiger partial charge in [-0.2, -0.15) is 0 Å². The van der Waals surface area contributed by atoms with Crippen molar-refractivity contribution in [2.75, 3.05) is 11.3 Å². The van der Waals surface area contributed by atoms with Gasteiger partial charge in [-0.25, -0.2) is 9.11 Å². The molecule has 0 bridgehead atoms. The van der Waals surface area contributed by atoms with Crippen molar-refractivity contribution < 1.29 is 13.7 Å². The highest BCUT2D eigenvalue weighted by molar-refractivity contribution is 7.99. The van der Waals surface area contributed by atoms with Crippen LogP contribution in [0.3, 0.4) is 0 Å². The van der Waals surface area contributed by atoms with Gasteiger partial charge in [0.2, 0.25) is 4.21 Å². The summed E-state index contributed by atoms with van der Waals surface area (Å²) in [6.45, 7) is 4.65. The molecule has 1 atom stereocenters. The number of fused-ring (bicyclic) bond motifs is 1. The van der Waals surface area contributed by atoms with Crippen LogP contribution in [0.25, 0.3) is 10.9 Å². The molecule has 4 aromatic rings. The average Bonchev–Trinajstić information content (AvgIpc) is 3.47. The van der Waals surface area contributed by atoms with E-state index in [1.165, 1.54) is 29.0 Å². The van der Waals surface area contributed by atoms with Gasteiger partial charge in [-0.3, -0.25) is 4.79 Å². The Morgan fingerprint density at radius 1 is 1.18 bits per heavy atom. The predicted octanol–water partition coefficient (Wildman–Crippen LogP) is 5.95. The van der Waals surface area contributed by atoms with E-state index in [0.717, 1.165) is 5.75 Å². The lowest BCUT2D eigenvalue weighted by Crippen LogP contribution is -2.36. The molecule has 0 spiro atoms. The summed E-state index contributed by atoms with van der Waals surface area (Å²) in [5.41, 5.74) is 2.43. The second-order valence-electron chi connectivity index (χ2n) is 8.12. The summed E-state index contributed by atoms with van der Waals surface area (Å²) in [5.74, 6) is 0.106. The maximum absolute atomic E-state index is 14.2. The van der Waals surface area contributed by atoms with Crippen molar-refractivity contribution in [1.29, 1.82) is 0 Å². The van der Waals surface area contributed by atoms with Crippen molar-refractivity contribution in [2.45, 2.75) is 28.6 Å². The molecule has 2 aromatic heterocycles. The Kier molecular flexibility index (Phi) is 7.33. The third-order valence-electron chi connectivity index (χ3n) is 4.97. The van der Waals surface area contributed by atoms with Crippen molar-refractivity contribution in [3.05, 3.63) is 83.1 Å². The third kappa shape index (κ3) is 6.11. The van der Waals surface area contributed by atoms with Gasteiger partial charge in [-0.15, -0.1) is 11.8 Å². The zero-order chi connectivity index (χ0) is 23.4. The summed E-state index contributed by atoms with van der Waals surface area (Å²) in [6.07, 6.45) is 0. The zero-order valence-corrected chi connectivity index (χ0v) is 20.6. The van der Waals surface area contributed by atoms with Gasteiger partial charge in [-0.05, 0) is 43.0 Å². The molecule has 0 saturated carbocycles. The summed E-state index contributed by atoms with van der Waals surface area (Å²) in [4.78, 5) is 15.9. The summed E-state index contributed by atoms with van der Waals surface area (Å²) in [5, 5.41) is 5.33. The number of thiophene rings is 1. The van der Waals surface area contributed by atoms with E-state index in [0.29, 0.717) is 33.0 Å². The first-order chi connectivity index (χ1) is 15.8. The van der Waals surface area contributed by atoms with Gasteiger partial charge in [0, 0.05) is 34.6 Å². The molecule has 0 fully saturated rings. The Hall–Kier alpha value is -2.46. The minimum absolute atomic E-state index is 0.173. The first-order valence-electron chi connectivity index (χ1n) is 10.3. The van der Waals surface area contributed by atoms with Crippen molar-refractivity contribution in [3.8, 4) is 0 Å². The molecular formula is C24H24FN3O2S3. The van der Waals surface area contributed by atoms with Gasteiger partial charge in [-0.1, -0.05) is 41.7 Å². The van der Waals surface area contributed by atoms with Gasteiger partial charge in [0.1, 0.15) is 28.6 Å². The van der Waals surface area contributed by atoms with E-state index in [1.54, 1.807) is 30.0 Å². The van der Waals surface area contributed by atoms with Gasteiger partial charge in [0.25, 0.3) is 5.91 Å². The monoisotopic (exact) mass is 501 g/mol. The molecule has 0 radical (unpaired) electrons. The van der Waals surface area contributed by atoms with Crippen molar-refractivity contribution in [2.24, 2.45) is 0 Å². The number of carbonyl (C=O) groups excluding carboxylic acids is 1. The van der Waals surface area contributed by atoms with E-state index in [4.69, 9.17) is 0 Å². The maximum atomic E-state index is 14.2. The van der Waals surface area contributed by atoms with Crippen LogP contribution in [0.5, 0.6) is 0 Å². The molecule has 3 N–H and O–H groups in total. The number of nitrogens with one attached hydrogen (secondary N) is 3. The van der Waals surface area contributed by atoms with Crippen molar-refractivity contribution >= 4 is 57.0 Å². The van der Waals surface area contributed by atoms with Gasteiger partial charge in [0.15, 0.2) is 0 Å². The van der Waals surface area contributed by atoms with Crippen LogP contribution in [0.1, 0.15) is 29.9 Å². The number of aromatic nitrogens is 1. The van der Waals surface area contributed by atoms with Gasteiger partial charge in [0.05, 0.1) is 5.52 Å². The van der Waals surface area contributed by atoms with Crippen LogP contribution < -0.4 is 10.0 Å². The number of hydrogen-bond acceptors (Lipinski definition) is 5. The highest BCUT2D eigenvalue weighted by atomic mass is 32.2. The smallest absolute Gasteiger partial charge is 0.267 e. The molecule has 0 aliphatic rings. The quantitative estimate of drug-likeness (QED) is 0.248. The lowest BCUT2D eigenvalue weighted by molar-refractivity contribution is 0.0946. The fourth-order valence-corrected chi connectivity index (χ4v) is 5.90. The molecule has 5 nitrogen and oxygen atoms in total. The fourth-order valence-electron chi connectivity index (χ4n) is 3.22. The molecule has 1 unspecified atom stereocenters. The van der Waals surface area contributed by atoms with Gasteiger partial charge >= 0.3 is 0 Å². The second kappa shape index (κ2) is 10.2. The van der Waals surface area contributed by atoms with Crippen molar-refractivity contribution in [3.63, 3.8) is 0 Å². The highest BCUT2D eigenvalue weighted by Gasteiger charge is 2.22. The summed E-state index contributed by atoms with van der Waals surface area (Å²) in [6, 6.07) is 18.0. The number of benzene rings is 2. The Labute approximate surface area is 203 Å². The molecule has 0 saturated heterocycles. The van der Waals surface area contributed by atoms with Crippen LogP contribution in [-0.2, 0) is 17.1 Å². The van der Waals surface area contributed by atoms with Crippen LogP contribution in [-0.4, -0.2) is 26.7 Å². The van der Waals surface area contributed by atoms with E-state index < -0.39 is 17.2 Å². The van der Waals surface area contributed by atoms with Crippen LogP contribution in [0.4, 0.5) is 10.1 Å². The Morgan fingerprint density at radius 3 is 2.70 bits per heavy atom. The SMILES string of the molecule is CC(C)(CNC(=O)c1cc2cc(F)cc(N[S+]([O-])c3cccs3)c2[nH]1)SCc1ccccc1. The topological polar surface area (TPSA) is 80.0 Å². The zero-order valence-electron chi connectivity index (χ0n) is 18.2. The molecule has 2 aromatic carbocycles. The number of rotatable bonds is 9. The van der Waals surface area contributed by atoms with Crippen molar-refractivity contribution in [1.82, 2.24) is 10.3 Å². The van der Waals surface area contributed by atoms with Crippen LogP contribution in [0.2, 0.25) is 0 Å². The molecule has 9 heteroatoms. The Bertz CT molecular complexity index is 1230. The average molecular weight is 502 g/mol. The minimum atomic E-state index is -1.52. The number of halogens is 1. The molecule has 172 valence electrons.